The number of hydrogen-bond acceptors (Lipinski definition) is 3. The van der Waals surface area contributed by atoms with Gasteiger partial charge in [-0.3, -0.25) is 14.7 Å². The highest BCUT2D eigenvalue weighted by molar-refractivity contribution is 5.78. The van der Waals surface area contributed by atoms with Crippen LogP contribution < -0.4 is 5.73 Å². The molecule has 0 unspecified atom stereocenters. The van der Waals surface area contributed by atoms with E-state index in [0.717, 1.165) is 58.3 Å². The molecule has 2 heterocycles. The van der Waals surface area contributed by atoms with E-state index in [-0.39, 0.29) is 5.91 Å². The summed E-state index contributed by atoms with van der Waals surface area (Å²) in [6.45, 7) is 11.2. The third-order valence-corrected chi connectivity index (χ3v) is 4.62. The molecule has 0 aromatic rings. The molecule has 0 aromatic carbocycles. The van der Waals surface area contributed by atoms with E-state index >= 15 is 0 Å². The highest BCUT2D eigenvalue weighted by Crippen LogP contribution is 2.15. The first-order valence-electron chi connectivity index (χ1n) is 8.09. The maximum Gasteiger partial charge on any atom is 0.219 e. The molecule has 1 amide bonds. The van der Waals surface area contributed by atoms with Gasteiger partial charge in [0.15, 0.2) is 5.96 Å². The van der Waals surface area contributed by atoms with E-state index in [1.807, 2.05) is 4.90 Å². The van der Waals surface area contributed by atoms with Gasteiger partial charge in [0.2, 0.25) is 5.91 Å². The predicted octanol–water partition coefficient (Wildman–Crippen LogP) is 0.197. The zero-order chi connectivity index (χ0) is 15.2. The van der Waals surface area contributed by atoms with Gasteiger partial charge in [0.05, 0.1) is 6.54 Å². The van der Waals surface area contributed by atoms with Crippen molar-refractivity contribution in [1.29, 1.82) is 0 Å². The molecule has 0 bridgehead atoms. The van der Waals surface area contributed by atoms with Crippen LogP contribution in [0.3, 0.4) is 0 Å². The van der Waals surface area contributed by atoms with E-state index in [0.29, 0.717) is 5.96 Å². The normalized spacial score (nSPS) is 22.7. The van der Waals surface area contributed by atoms with Gasteiger partial charge in [-0.1, -0.05) is 6.92 Å². The van der Waals surface area contributed by atoms with Crippen LogP contribution in [0.2, 0.25) is 0 Å². The van der Waals surface area contributed by atoms with Crippen molar-refractivity contribution >= 4 is 11.9 Å². The summed E-state index contributed by atoms with van der Waals surface area (Å²) in [4.78, 5) is 22.3. The molecule has 0 radical (unpaired) electrons. The second kappa shape index (κ2) is 7.64. The van der Waals surface area contributed by atoms with E-state index in [1.165, 1.54) is 12.8 Å². The van der Waals surface area contributed by atoms with Crippen LogP contribution >= 0.6 is 0 Å². The zero-order valence-corrected chi connectivity index (χ0v) is 13.4. The smallest absolute Gasteiger partial charge is 0.219 e. The summed E-state index contributed by atoms with van der Waals surface area (Å²) in [6.07, 6.45) is 2.42. The van der Waals surface area contributed by atoms with Crippen molar-refractivity contribution in [2.75, 3.05) is 52.4 Å². The van der Waals surface area contributed by atoms with Gasteiger partial charge in [0, 0.05) is 52.7 Å². The second-order valence-electron chi connectivity index (χ2n) is 6.26. The van der Waals surface area contributed by atoms with Gasteiger partial charge >= 0.3 is 0 Å². The third kappa shape index (κ3) is 4.88. The van der Waals surface area contributed by atoms with E-state index in [2.05, 4.69) is 21.7 Å². The van der Waals surface area contributed by atoms with Crippen molar-refractivity contribution in [1.82, 2.24) is 14.7 Å². The number of rotatable bonds is 3. The second-order valence-corrected chi connectivity index (χ2v) is 6.26. The Balaban J connectivity index is 1.67. The fraction of sp³-hybridized carbons (Fsp3) is 0.867. The standard InChI is InChI=1S/C15H29N5O/c1-13-3-6-20(7-4-13)15(16)17-5-8-18-9-11-19(12-10-18)14(2)21/h13H,3-12H2,1-2H3,(H2,16,17). The number of piperazine rings is 1. The maximum absolute atomic E-state index is 11.3. The molecule has 2 aliphatic rings. The van der Waals surface area contributed by atoms with Crippen molar-refractivity contribution in [3.05, 3.63) is 0 Å². The molecule has 2 fully saturated rings. The quantitative estimate of drug-likeness (QED) is 0.596. The topological polar surface area (TPSA) is 65.2 Å². The number of nitrogens with two attached hydrogens (primary N) is 1. The van der Waals surface area contributed by atoms with Gasteiger partial charge in [-0.2, -0.15) is 0 Å². The lowest BCUT2D eigenvalue weighted by molar-refractivity contribution is -0.130. The fourth-order valence-corrected chi connectivity index (χ4v) is 2.93. The van der Waals surface area contributed by atoms with Crippen LogP contribution in [0.1, 0.15) is 26.7 Å². The maximum atomic E-state index is 11.3. The SMILES string of the molecule is CC(=O)N1CCN(CCN=C(N)N2CCC(C)CC2)CC1. The fourth-order valence-electron chi connectivity index (χ4n) is 2.93. The summed E-state index contributed by atoms with van der Waals surface area (Å²) < 4.78 is 0. The average Bonchev–Trinajstić information content (AvgIpc) is 2.48. The van der Waals surface area contributed by atoms with Crippen LogP contribution in [0.25, 0.3) is 0 Å². The summed E-state index contributed by atoms with van der Waals surface area (Å²) in [5.74, 6) is 1.69. The van der Waals surface area contributed by atoms with Crippen molar-refractivity contribution in [3.63, 3.8) is 0 Å². The van der Waals surface area contributed by atoms with E-state index in [4.69, 9.17) is 5.73 Å². The Labute approximate surface area is 128 Å². The lowest BCUT2D eigenvalue weighted by Gasteiger charge is -2.34. The summed E-state index contributed by atoms with van der Waals surface area (Å²) in [7, 11) is 0. The molecular weight excluding hydrogens is 266 g/mol. The number of aliphatic imine (C=N–C) groups is 1. The molecule has 0 saturated carbocycles. The lowest BCUT2D eigenvalue weighted by atomic mass is 10.00. The summed E-state index contributed by atoms with van der Waals surface area (Å²) in [5.41, 5.74) is 6.08. The molecule has 6 heteroatoms. The number of carbonyl (C=O) groups is 1. The van der Waals surface area contributed by atoms with Crippen molar-refractivity contribution in [3.8, 4) is 0 Å². The number of nitrogens with zero attached hydrogens (tertiary/aromatic N) is 4. The van der Waals surface area contributed by atoms with Gasteiger partial charge in [-0.25, -0.2) is 0 Å². The summed E-state index contributed by atoms with van der Waals surface area (Å²) >= 11 is 0. The molecule has 0 atom stereocenters. The molecule has 2 N–H and O–H groups in total. The number of likely N-dealkylation sites (tertiary alicyclic amines) is 1. The molecule has 2 saturated heterocycles. The molecule has 2 rings (SSSR count). The van der Waals surface area contributed by atoms with Gasteiger partial charge in [-0.05, 0) is 18.8 Å². The molecule has 0 aliphatic carbocycles. The predicted molar refractivity (Wildman–Crippen MR) is 85.2 cm³/mol. The van der Waals surface area contributed by atoms with Gasteiger partial charge in [-0.15, -0.1) is 0 Å². The largest absolute Gasteiger partial charge is 0.370 e. The number of hydrogen-bond donors (Lipinski definition) is 1. The molecule has 6 nitrogen and oxygen atoms in total. The van der Waals surface area contributed by atoms with Crippen molar-refractivity contribution in [2.45, 2.75) is 26.7 Å². The Hall–Kier alpha value is -1.30. The number of amides is 1. The average molecular weight is 295 g/mol. The highest BCUT2D eigenvalue weighted by atomic mass is 16.2. The Morgan fingerprint density at radius 1 is 1.10 bits per heavy atom. The minimum atomic E-state index is 0.177. The Bertz CT molecular complexity index is 368. The first kappa shape index (κ1) is 16.1. The molecule has 21 heavy (non-hydrogen) atoms. The van der Waals surface area contributed by atoms with Crippen LogP contribution in [0.15, 0.2) is 4.99 Å². The molecule has 2 aliphatic heterocycles. The third-order valence-electron chi connectivity index (χ3n) is 4.62. The van der Waals surface area contributed by atoms with E-state index in [9.17, 15) is 4.79 Å². The van der Waals surface area contributed by atoms with E-state index < -0.39 is 0 Å². The van der Waals surface area contributed by atoms with Gasteiger partial charge in [0.1, 0.15) is 0 Å². The lowest BCUT2D eigenvalue weighted by Crippen LogP contribution is -2.48. The molecule has 0 spiro atoms. The number of piperidine rings is 1. The van der Waals surface area contributed by atoms with Crippen molar-refractivity contribution in [2.24, 2.45) is 16.6 Å². The molecule has 120 valence electrons. The molecular formula is C15H29N5O. The van der Waals surface area contributed by atoms with Crippen LogP contribution in [-0.4, -0.2) is 78.9 Å². The minimum absolute atomic E-state index is 0.177. The van der Waals surface area contributed by atoms with Gasteiger partial charge in [0.25, 0.3) is 0 Å². The van der Waals surface area contributed by atoms with Crippen LogP contribution in [0.4, 0.5) is 0 Å². The number of guanidine groups is 1. The highest BCUT2D eigenvalue weighted by Gasteiger charge is 2.19. The first-order valence-corrected chi connectivity index (χ1v) is 8.09. The minimum Gasteiger partial charge on any atom is -0.370 e. The van der Waals surface area contributed by atoms with Crippen LogP contribution in [0.5, 0.6) is 0 Å². The molecule has 0 aromatic heterocycles. The van der Waals surface area contributed by atoms with Crippen molar-refractivity contribution < 1.29 is 4.79 Å². The Morgan fingerprint density at radius 3 is 2.29 bits per heavy atom. The van der Waals surface area contributed by atoms with E-state index in [1.54, 1.807) is 6.92 Å². The monoisotopic (exact) mass is 295 g/mol. The Morgan fingerprint density at radius 2 is 1.71 bits per heavy atom. The zero-order valence-electron chi connectivity index (χ0n) is 13.4. The first-order chi connectivity index (χ1) is 10.1. The van der Waals surface area contributed by atoms with Gasteiger partial charge < -0.3 is 15.5 Å². The summed E-state index contributed by atoms with van der Waals surface area (Å²) in [5, 5.41) is 0. The Kier molecular flexibility index (Phi) is 5.85. The number of carbonyl (C=O) groups excluding carboxylic acids is 1. The summed E-state index contributed by atoms with van der Waals surface area (Å²) in [6, 6.07) is 0. The van der Waals surface area contributed by atoms with Crippen LogP contribution in [0, 0.1) is 5.92 Å². The van der Waals surface area contributed by atoms with Crippen LogP contribution in [-0.2, 0) is 4.79 Å².